The van der Waals surface area contributed by atoms with E-state index in [1.54, 1.807) is 24.3 Å². The highest BCUT2D eigenvalue weighted by Crippen LogP contribution is 2.11. The maximum atomic E-state index is 12.4. The largest absolute Gasteiger partial charge is 0.445 e. The molecule has 0 saturated carbocycles. The van der Waals surface area contributed by atoms with Crippen LogP contribution in [0, 0.1) is 0 Å². The zero-order chi connectivity index (χ0) is 19.8. The number of hydrogen-bond donors (Lipinski definition) is 4. The van der Waals surface area contributed by atoms with Gasteiger partial charge in [0, 0.05) is 6.54 Å². The summed E-state index contributed by atoms with van der Waals surface area (Å²) < 4.78 is 5.05. The quantitative estimate of drug-likeness (QED) is 0.535. The minimum absolute atomic E-state index is 0.0153. The minimum Gasteiger partial charge on any atom is -0.445 e. The molecule has 3 atom stereocenters. The van der Waals surface area contributed by atoms with Crippen LogP contribution in [0.3, 0.4) is 0 Å². The number of alkyl carbamates (subject to hydrolysis) is 1. The minimum atomic E-state index is -1.29. The summed E-state index contributed by atoms with van der Waals surface area (Å²) in [7, 11) is 0. The summed E-state index contributed by atoms with van der Waals surface area (Å²) >= 11 is 0. The molecule has 3 amide bonds. The van der Waals surface area contributed by atoms with E-state index in [4.69, 9.17) is 4.74 Å². The number of carbonyl (C=O) groups is 3. The number of amides is 3. The van der Waals surface area contributed by atoms with E-state index in [9.17, 15) is 24.7 Å². The number of benzene rings is 1. The highest BCUT2D eigenvalue weighted by Gasteiger charge is 2.32. The molecule has 1 aliphatic heterocycles. The highest BCUT2D eigenvalue weighted by atomic mass is 16.5. The highest BCUT2D eigenvalue weighted by molar-refractivity contribution is 5.91. The zero-order valence-corrected chi connectivity index (χ0v) is 15.1. The summed E-state index contributed by atoms with van der Waals surface area (Å²) in [6.07, 6.45) is -0.429. The molecular formula is C18H25N3O6. The van der Waals surface area contributed by atoms with Crippen LogP contribution < -0.4 is 10.6 Å². The second kappa shape index (κ2) is 9.89. The second-order valence-electron chi connectivity index (χ2n) is 6.44. The van der Waals surface area contributed by atoms with Crippen molar-refractivity contribution < 1.29 is 29.4 Å². The fourth-order valence-corrected chi connectivity index (χ4v) is 2.72. The summed E-state index contributed by atoms with van der Waals surface area (Å²) in [5.74, 6) is -1.34. The Labute approximate surface area is 157 Å². The van der Waals surface area contributed by atoms with Crippen LogP contribution in [0.5, 0.6) is 0 Å². The van der Waals surface area contributed by atoms with Crippen molar-refractivity contribution in [1.29, 1.82) is 0 Å². The topological polar surface area (TPSA) is 128 Å². The van der Waals surface area contributed by atoms with Crippen molar-refractivity contribution in [2.45, 2.75) is 51.0 Å². The monoisotopic (exact) mass is 379 g/mol. The van der Waals surface area contributed by atoms with Crippen LogP contribution in [0.25, 0.3) is 0 Å². The van der Waals surface area contributed by atoms with E-state index in [2.05, 4.69) is 10.6 Å². The van der Waals surface area contributed by atoms with Gasteiger partial charge in [-0.1, -0.05) is 30.3 Å². The molecule has 1 aromatic rings. The number of rotatable bonds is 6. The van der Waals surface area contributed by atoms with Gasteiger partial charge in [0.05, 0.1) is 6.10 Å². The number of nitrogens with zero attached hydrogens (tertiary/aromatic N) is 1. The molecule has 0 spiro atoms. The van der Waals surface area contributed by atoms with Crippen LogP contribution in [-0.2, 0) is 20.9 Å². The third-order valence-electron chi connectivity index (χ3n) is 4.23. The molecule has 4 N–H and O–H groups in total. The van der Waals surface area contributed by atoms with Gasteiger partial charge in [0.15, 0.2) is 0 Å². The van der Waals surface area contributed by atoms with Crippen LogP contribution in [0.4, 0.5) is 4.79 Å². The molecule has 0 aliphatic carbocycles. The number of aliphatic hydroxyl groups is 1. The first-order valence-electron chi connectivity index (χ1n) is 8.84. The molecule has 148 valence electrons. The smallest absolute Gasteiger partial charge is 0.408 e. The normalized spacial score (nSPS) is 19.6. The van der Waals surface area contributed by atoms with Crippen molar-refractivity contribution in [3.8, 4) is 0 Å². The second-order valence-corrected chi connectivity index (χ2v) is 6.44. The molecule has 0 aromatic heterocycles. The van der Waals surface area contributed by atoms with Gasteiger partial charge in [-0.25, -0.2) is 9.86 Å². The average molecular weight is 379 g/mol. The molecule has 27 heavy (non-hydrogen) atoms. The van der Waals surface area contributed by atoms with E-state index in [0.29, 0.717) is 24.3 Å². The molecule has 1 fully saturated rings. The van der Waals surface area contributed by atoms with Gasteiger partial charge >= 0.3 is 6.09 Å². The SMILES string of the molecule is C[C@@H](O)[C@H](NC(=O)OCc1ccccc1)C(=O)N[C@H]1CCCCN(O)C1=O. The van der Waals surface area contributed by atoms with Crippen molar-refractivity contribution in [3.05, 3.63) is 35.9 Å². The molecule has 0 radical (unpaired) electrons. The lowest BCUT2D eigenvalue weighted by molar-refractivity contribution is -0.167. The zero-order valence-electron chi connectivity index (χ0n) is 15.1. The van der Waals surface area contributed by atoms with E-state index in [0.717, 1.165) is 5.56 Å². The van der Waals surface area contributed by atoms with Crippen molar-refractivity contribution in [3.63, 3.8) is 0 Å². The Hall–Kier alpha value is -2.65. The number of nitrogens with one attached hydrogen (secondary N) is 2. The summed E-state index contributed by atoms with van der Waals surface area (Å²) in [4.78, 5) is 36.4. The van der Waals surface area contributed by atoms with Crippen LogP contribution in [0.1, 0.15) is 31.7 Å². The summed E-state index contributed by atoms with van der Waals surface area (Å²) in [5.41, 5.74) is 0.776. The van der Waals surface area contributed by atoms with Crippen molar-refractivity contribution >= 4 is 17.9 Å². The Morgan fingerprint density at radius 2 is 2.00 bits per heavy atom. The van der Waals surface area contributed by atoms with Gasteiger partial charge in [-0.05, 0) is 31.7 Å². The first-order valence-corrected chi connectivity index (χ1v) is 8.84. The summed E-state index contributed by atoms with van der Waals surface area (Å²) in [6.45, 7) is 1.56. The van der Waals surface area contributed by atoms with Gasteiger partial charge in [0.2, 0.25) is 5.91 Å². The molecule has 1 aromatic carbocycles. The molecule has 1 saturated heterocycles. The van der Waals surface area contributed by atoms with E-state index < -0.39 is 36.1 Å². The maximum Gasteiger partial charge on any atom is 0.408 e. The third-order valence-corrected chi connectivity index (χ3v) is 4.23. The van der Waals surface area contributed by atoms with Gasteiger partial charge in [0.25, 0.3) is 5.91 Å². The van der Waals surface area contributed by atoms with Crippen LogP contribution in [0.15, 0.2) is 30.3 Å². The molecular weight excluding hydrogens is 354 g/mol. The Kier molecular flexibility index (Phi) is 7.56. The number of aliphatic hydroxyl groups excluding tert-OH is 1. The Bertz CT molecular complexity index is 652. The van der Waals surface area contributed by atoms with E-state index in [1.165, 1.54) is 6.92 Å². The molecule has 0 unspecified atom stereocenters. The molecule has 1 aliphatic rings. The summed E-state index contributed by atoms with van der Waals surface area (Å²) in [6, 6.07) is 6.80. The predicted molar refractivity (Wildman–Crippen MR) is 94.5 cm³/mol. The molecule has 2 rings (SSSR count). The number of hydroxylamine groups is 2. The first-order chi connectivity index (χ1) is 12.9. The van der Waals surface area contributed by atoms with Crippen LogP contribution >= 0.6 is 0 Å². The van der Waals surface area contributed by atoms with E-state index in [1.807, 2.05) is 6.07 Å². The lowest BCUT2D eigenvalue weighted by atomic mass is 10.1. The number of hydrogen-bond acceptors (Lipinski definition) is 6. The maximum absolute atomic E-state index is 12.4. The van der Waals surface area contributed by atoms with Crippen molar-refractivity contribution in [1.82, 2.24) is 15.7 Å². The van der Waals surface area contributed by atoms with Gasteiger partial charge in [-0.3, -0.25) is 14.8 Å². The Morgan fingerprint density at radius 3 is 2.67 bits per heavy atom. The van der Waals surface area contributed by atoms with Crippen molar-refractivity contribution in [2.24, 2.45) is 0 Å². The standard InChI is InChI=1S/C18H25N3O6/c1-12(22)15(20-18(25)27-11-13-7-3-2-4-8-13)16(23)19-14-9-5-6-10-21(26)17(14)24/h2-4,7-8,12,14-15,22,26H,5-6,9-11H2,1H3,(H,19,23)(H,20,25)/t12-,14+,15+/m1/s1. The summed E-state index contributed by atoms with van der Waals surface area (Å²) in [5, 5.41) is 24.8. The third kappa shape index (κ3) is 6.22. The van der Waals surface area contributed by atoms with E-state index in [-0.39, 0.29) is 13.2 Å². The fraction of sp³-hybridized carbons (Fsp3) is 0.500. The number of carbonyl (C=O) groups excluding carboxylic acids is 3. The van der Waals surface area contributed by atoms with Gasteiger partial charge in [-0.2, -0.15) is 0 Å². The Morgan fingerprint density at radius 1 is 1.30 bits per heavy atom. The predicted octanol–water partition coefficient (Wildman–Crippen LogP) is 0.549. The van der Waals surface area contributed by atoms with Gasteiger partial charge in [-0.15, -0.1) is 0 Å². The van der Waals surface area contributed by atoms with E-state index >= 15 is 0 Å². The average Bonchev–Trinajstić information content (AvgIpc) is 2.80. The first kappa shape index (κ1) is 20.7. The molecule has 0 bridgehead atoms. The van der Waals surface area contributed by atoms with Crippen LogP contribution in [-0.4, -0.2) is 58.0 Å². The molecule has 9 nitrogen and oxygen atoms in total. The lowest BCUT2D eigenvalue weighted by Gasteiger charge is -2.24. The van der Waals surface area contributed by atoms with Gasteiger partial charge < -0.3 is 20.5 Å². The van der Waals surface area contributed by atoms with Gasteiger partial charge in [0.1, 0.15) is 18.7 Å². The number of ether oxygens (including phenoxy) is 1. The molecule has 9 heteroatoms. The Balaban J connectivity index is 1.91. The lowest BCUT2D eigenvalue weighted by Crippen LogP contribution is -2.56. The van der Waals surface area contributed by atoms with Crippen molar-refractivity contribution in [2.75, 3.05) is 6.54 Å². The fourth-order valence-electron chi connectivity index (χ4n) is 2.72. The molecule has 1 heterocycles. The van der Waals surface area contributed by atoms with Crippen LogP contribution in [0.2, 0.25) is 0 Å².